The second-order valence-corrected chi connectivity index (χ2v) is 7.08. The second-order valence-electron chi connectivity index (χ2n) is 6.00. The van der Waals surface area contributed by atoms with Crippen molar-refractivity contribution >= 4 is 22.6 Å². The molecule has 2 unspecified atom stereocenters. The molecular weight excluding hydrogens is 319 g/mol. The lowest BCUT2D eigenvalue weighted by Crippen LogP contribution is -2.05. The zero-order valence-corrected chi connectivity index (χ0v) is 12.9. The fourth-order valence-electron chi connectivity index (χ4n) is 2.97. The zero-order valence-electron chi connectivity index (χ0n) is 10.7. The van der Waals surface area contributed by atoms with Crippen molar-refractivity contribution in [2.75, 3.05) is 0 Å². The highest BCUT2D eigenvalue weighted by Crippen LogP contribution is 2.47. The van der Waals surface area contributed by atoms with E-state index in [9.17, 15) is 0 Å². The largest absolute Gasteiger partial charge is 0.0616 e. The highest BCUT2D eigenvalue weighted by molar-refractivity contribution is 14.1. The van der Waals surface area contributed by atoms with Crippen molar-refractivity contribution in [3.63, 3.8) is 0 Å². The predicted molar refractivity (Wildman–Crippen MR) is 81.4 cm³/mol. The lowest BCUT2D eigenvalue weighted by molar-refractivity contribution is 0.639. The van der Waals surface area contributed by atoms with Gasteiger partial charge < -0.3 is 0 Å². The van der Waals surface area contributed by atoms with Crippen LogP contribution in [0.3, 0.4) is 0 Å². The highest BCUT2D eigenvalue weighted by atomic mass is 127. The Bertz CT molecular complexity index is 379. The average molecular weight is 340 g/mol. The van der Waals surface area contributed by atoms with Crippen LogP contribution < -0.4 is 0 Å². The van der Waals surface area contributed by atoms with E-state index in [-0.39, 0.29) is 0 Å². The van der Waals surface area contributed by atoms with Crippen molar-refractivity contribution in [3.05, 3.63) is 32.9 Å². The third-order valence-electron chi connectivity index (χ3n) is 4.70. The normalized spacial score (nSPS) is 23.5. The van der Waals surface area contributed by atoms with E-state index in [4.69, 9.17) is 0 Å². The SMILES string of the molecule is CC(c1cccc(C(C)C2CC2)c1I)C1CC1. The van der Waals surface area contributed by atoms with Crippen LogP contribution >= 0.6 is 22.6 Å². The minimum absolute atomic E-state index is 0.772. The van der Waals surface area contributed by atoms with Gasteiger partial charge in [-0.05, 0) is 83.1 Å². The molecule has 2 fully saturated rings. The fraction of sp³-hybridized carbons (Fsp3) is 0.625. The number of halogens is 1. The van der Waals surface area contributed by atoms with E-state index < -0.39 is 0 Å². The van der Waals surface area contributed by atoms with Crippen LogP contribution in [0, 0.1) is 15.4 Å². The maximum Gasteiger partial charge on any atom is 0.0200 e. The quantitative estimate of drug-likeness (QED) is 0.651. The van der Waals surface area contributed by atoms with Gasteiger partial charge in [0.2, 0.25) is 0 Å². The Hall–Kier alpha value is -0.0500. The van der Waals surface area contributed by atoms with Gasteiger partial charge in [0.25, 0.3) is 0 Å². The molecule has 0 spiro atoms. The van der Waals surface area contributed by atoms with Crippen molar-refractivity contribution < 1.29 is 0 Å². The Morgan fingerprint density at radius 2 is 1.35 bits per heavy atom. The van der Waals surface area contributed by atoms with E-state index >= 15 is 0 Å². The molecule has 1 aromatic carbocycles. The van der Waals surface area contributed by atoms with Crippen LogP contribution in [0.5, 0.6) is 0 Å². The van der Waals surface area contributed by atoms with Gasteiger partial charge in [0.1, 0.15) is 0 Å². The predicted octanol–water partition coefficient (Wildman–Crippen LogP) is 5.32. The number of rotatable bonds is 4. The summed E-state index contributed by atoms with van der Waals surface area (Å²) in [6.07, 6.45) is 5.78. The maximum atomic E-state index is 2.59. The fourth-order valence-corrected chi connectivity index (χ4v) is 4.31. The van der Waals surface area contributed by atoms with Crippen molar-refractivity contribution in [1.29, 1.82) is 0 Å². The van der Waals surface area contributed by atoms with Crippen molar-refractivity contribution in [3.8, 4) is 0 Å². The van der Waals surface area contributed by atoms with Crippen LogP contribution in [0.15, 0.2) is 18.2 Å². The standard InChI is InChI=1S/C16H21I/c1-10(12-6-7-12)14-4-3-5-15(16(14)17)11(2)13-8-9-13/h3-5,10-13H,6-9H2,1-2H3. The summed E-state index contributed by atoms with van der Waals surface area (Å²) in [6.45, 7) is 4.83. The van der Waals surface area contributed by atoms with Gasteiger partial charge in [-0.2, -0.15) is 0 Å². The van der Waals surface area contributed by atoms with Gasteiger partial charge in [-0.25, -0.2) is 0 Å². The van der Waals surface area contributed by atoms with Crippen molar-refractivity contribution in [1.82, 2.24) is 0 Å². The van der Waals surface area contributed by atoms with Gasteiger partial charge in [-0.15, -0.1) is 0 Å². The van der Waals surface area contributed by atoms with Gasteiger partial charge in [-0.1, -0.05) is 32.0 Å². The Labute approximate surface area is 118 Å². The van der Waals surface area contributed by atoms with Crippen LogP contribution in [0.1, 0.15) is 62.5 Å². The first-order chi connectivity index (χ1) is 8.18. The summed E-state index contributed by atoms with van der Waals surface area (Å²) in [6, 6.07) is 6.99. The highest BCUT2D eigenvalue weighted by Gasteiger charge is 2.33. The van der Waals surface area contributed by atoms with E-state index in [0.29, 0.717) is 0 Å². The van der Waals surface area contributed by atoms with Gasteiger partial charge >= 0.3 is 0 Å². The zero-order chi connectivity index (χ0) is 12.0. The minimum atomic E-state index is 0.772. The molecule has 17 heavy (non-hydrogen) atoms. The van der Waals surface area contributed by atoms with E-state index in [2.05, 4.69) is 54.6 Å². The summed E-state index contributed by atoms with van der Waals surface area (Å²) < 4.78 is 1.56. The molecule has 0 aliphatic heterocycles. The molecule has 2 aliphatic carbocycles. The van der Waals surface area contributed by atoms with Crippen molar-refractivity contribution in [2.24, 2.45) is 11.8 Å². The first-order valence-corrected chi connectivity index (χ1v) is 8.04. The Morgan fingerprint density at radius 3 is 1.71 bits per heavy atom. The minimum Gasteiger partial charge on any atom is -0.0616 e. The van der Waals surface area contributed by atoms with E-state index in [0.717, 1.165) is 23.7 Å². The van der Waals surface area contributed by atoms with Crippen LogP contribution in [0.4, 0.5) is 0 Å². The lowest BCUT2D eigenvalue weighted by Gasteiger charge is -2.19. The smallest absolute Gasteiger partial charge is 0.0200 e. The third kappa shape index (κ3) is 2.40. The van der Waals surface area contributed by atoms with Gasteiger partial charge in [-0.3, -0.25) is 0 Å². The number of hydrogen-bond donors (Lipinski definition) is 0. The monoisotopic (exact) mass is 340 g/mol. The molecule has 0 saturated heterocycles. The number of hydrogen-bond acceptors (Lipinski definition) is 0. The molecule has 0 radical (unpaired) electrons. The third-order valence-corrected chi connectivity index (χ3v) is 5.94. The molecule has 2 saturated carbocycles. The second kappa shape index (κ2) is 4.56. The molecule has 3 rings (SSSR count). The van der Waals surface area contributed by atoms with Gasteiger partial charge in [0.15, 0.2) is 0 Å². The molecule has 0 bridgehead atoms. The summed E-state index contributed by atoms with van der Waals surface area (Å²) >= 11 is 2.59. The Kier molecular flexibility index (Phi) is 3.22. The lowest BCUT2D eigenvalue weighted by atomic mass is 9.90. The van der Waals surface area contributed by atoms with Crippen LogP contribution in [-0.2, 0) is 0 Å². The topological polar surface area (TPSA) is 0 Å². The van der Waals surface area contributed by atoms with Crippen LogP contribution in [0.25, 0.3) is 0 Å². The molecule has 0 heterocycles. The van der Waals surface area contributed by atoms with Crippen molar-refractivity contribution in [2.45, 2.75) is 51.4 Å². The Balaban J connectivity index is 1.91. The molecule has 0 amide bonds. The van der Waals surface area contributed by atoms with E-state index in [1.165, 1.54) is 25.7 Å². The maximum absolute atomic E-state index is 2.59. The summed E-state index contributed by atoms with van der Waals surface area (Å²) in [7, 11) is 0. The van der Waals surface area contributed by atoms with E-state index in [1.807, 2.05) is 0 Å². The van der Waals surface area contributed by atoms with Crippen LogP contribution in [0.2, 0.25) is 0 Å². The summed E-state index contributed by atoms with van der Waals surface area (Å²) in [5.74, 6) is 3.48. The summed E-state index contributed by atoms with van der Waals surface area (Å²) in [5.41, 5.74) is 3.22. The molecule has 1 aromatic rings. The molecule has 0 N–H and O–H groups in total. The molecule has 1 heteroatoms. The first kappa shape index (κ1) is 12.0. The van der Waals surface area contributed by atoms with E-state index in [1.54, 1.807) is 14.7 Å². The first-order valence-electron chi connectivity index (χ1n) is 6.96. The van der Waals surface area contributed by atoms with Gasteiger partial charge in [0, 0.05) is 3.57 Å². The molecule has 92 valence electrons. The average Bonchev–Trinajstić information content (AvgIpc) is 3.20. The van der Waals surface area contributed by atoms with Crippen LogP contribution in [-0.4, -0.2) is 0 Å². The molecule has 2 aliphatic rings. The Morgan fingerprint density at radius 1 is 0.941 bits per heavy atom. The summed E-state index contributed by atoms with van der Waals surface area (Å²) in [5, 5.41) is 0. The molecule has 0 aromatic heterocycles. The molecular formula is C16H21I. The van der Waals surface area contributed by atoms with Gasteiger partial charge in [0.05, 0.1) is 0 Å². The number of benzene rings is 1. The summed E-state index contributed by atoms with van der Waals surface area (Å²) in [4.78, 5) is 0. The molecule has 0 nitrogen and oxygen atoms in total. The molecule has 2 atom stereocenters.